The number of carbonyl (C=O) groups is 1. The van der Waals surface area contributed by atoms with E-state index in [-0.39, 0.29) is 5.91 Å². The minimum atomic E-state index is -0.102. The van der Waals surface area contributed by atoms with Crippen molar-refractivity contribution in [2.45, 2.75) is 168 Å². The van der Waals surface area contributed by atoms with E-state index in [1.807, 2.05) is 0 Å². The summed E-state index contributed by atoms with van der Waals surface area (Å²) >= 11 is 0. The zero-order chi connectivity index (χ0) is 22.1. The van der Waals surface area contributed by atoms with Crippen molar-refractivity contribution in [3.63, 3.8) is 0 Å². The van der Waals surface area contributed by atoms with E-state index < -0.39 is 0 Å². The molecule has 2 nitrogen and oxygen atoms in total. The summed E-state index contributed by atoms with van der Waals surface area (Å²) in [5.41, 5.74) is 5.50. The van der Waals surface area contributed by atoms with Crippen LogP contribution in [0.5, 0.6) is 0 Å². The minimum absolute atomic E-state index is 0.102. The van der Waals surface area contributed by atoms with Crippen LogP contribution in [0.2, 0.25) is 0 Å². The van der Waals surface area contributed by atoms with Gasteiger partial charge < -0.3 is 5.73 Å². The lowest BCUT2D eigenvalue weighted by molar-refractivity contribution is -0.119. The maximum atomic E-state index is 11.4. The first-order valence-electron chi connectivity index (χ1n) is 14.0. The summed E-state index contributed by atoms with van der Waals surface area (Å²) in [4.78, 5) is 11.4. The van der Waals surface area contributed by atoms with Gasteiger partial charge in [-0.25, -0.2) is 0 Å². The molecule has 30 heavy (non-hydrogen) atoms. The van der Waals surface area contributed by atoms with Crippen molar-refractivity contribution >= 4 is 5.91 Å². The van der Waals surface area contributed by atoms with Crippen LogP contribution in [0.1, 0.15) is 168 Å². The Morgan fingerprint density at radius 3 is 1.03 bits per heavy atom. The minimum Gasteiger partial charge on any atom is -0.370 e. The Kier molecular flexibility index (Phi) is 24.3. The molecule has 2 heteroatoms. The smallest absolute Gasteiger partial charge is 0.217 e. The number of unbranched alkanes of at least 4 members (excludes halogenated alkanes) is 19. The number of primary amides is 1. The van der Waals surface area contributed by atoms with Crippen molar-refractivity contribution in [3.05, 3.63) is 0 Å². The summed E-state index contributed by atoms with van der Waals surface area (Å²) in [5.74, 6) is 0.435. The highest BCUT2D eigenvalue weighted by molar-refractivity contribution is 5.73. The zero-order valence-electron chi connectivity index (χ0n) is 21.0. The van der Waals surface area contributed by atoms with Crippen molar-refractivity contribution in [3.8, 4) is 0 Å². The topological polar surface area (TPSA) is 43.1 Å². The van der Waals surface area contributed by atoms with Gasteiger partial charge in [0.25, 0.3) is 0 Å². The van der Waals surface area contributed by atoms with Gasteiger partial charge in [-0.1, -0.05) is 149 Å². The van der Waals surface area contributed by atoms with Crippen LogP contribution in [0.4, 0.5) is 0 Å². The largest absolute Gasteiger partial charge is 0.370 e. The molecule has 1 amide bonds. The molecule has 1 unspecified atom stereocenters. The Morgan fingerprint density at radius 1 is 0.500 bits per heavy atom. The standard InChI is InChI=1S/C28H57NO/c1-3-5-7-9-11-13-15-17-19-21-23-25-27(26-28(29)30)24-22-20-18-16-14-12-10-8-6-4-2/h27H,3-26H2,1-2H3,(H2,29,30). The second-order valence-corrected chi connectivity index (χ2v) is 9.83. The van der Waals surface area contributed by atoms with Gasteiger partial charge in [-0.05, 0) is 18.8 Å². The third-order valence-corrected chi connectivity index (χ3v) is 6.67. The molecule has 1 atom stereocenters. The second kappa shape index (κ2) is 24.7. The lowest BCUT2D eigenvalue weighted by Crippen LogP contribution is -2.16. The lowest BCUT2D eigenvalue weighted by atomic mass is 9.91. The number of nitrogens with two attached hydrogens (primary N) is 1. The molecule has 0 aromatic heterocycles. The van der Waals surface area contributed by atoms with Crippen molar-refractivity contribution in [1.82, 2.24) is 0 Å². The third kappa shape index (κ3) is 23.7. The first-order chi connectivity index (χ1) is 14.7. The molecular formula is C28H57NO. The second-order valence-electron chi connectivity index (χ2n) is 9.83. The van der Waals surface area contributed by atoms with Crippen molar-refractivity contribution in [2.75, 3.05) is 0 Å². The zero-order valence-corrected chi connectivity index (χ0v) is 21.0. The van der Waals surface area contributed by atoms with Crippen LogP contribution in [0.15, 0.2) is 0 Å². The van der Waals surface area contributed by atoms with Crippen molar-refractivity contribution < 1.29 is 4.79 Å². The quantitative estimate of drug-likeness (QED) is 0.146. The van der Waals surface area contributed by atoms with Gasteiger partial charge >= 0.3 is 0 Å². The molecule has 0 radical (unpaired) electrons. The summed E-state index contributed by atoms with van der Waals surface area (Å²) in [6, 6.07) is 0. The molecular weight excluding hydrogens is 366 g/mol. The highest BCUT2D eigenvalue weighted by Gasteiger charge is 2.11. The number of hydrogen-bond acceptors (Lipinski definition) is 1. The Morgan fingerprint density at radius 2 is 0.767 bits per heavy atom. The molecule has 0 rings (SSSR count). The predicted molar refractivity (Wildman–Crippen MR) is 135 cm³/mol. The molecule has 0 saturated heterocycles. The predicted octanol–water partition coefficient (Wildman–Crippen LogP) is 9.49. The maximum Gasteiger partial charge on any atom is 0.217 e. The van der Waals surface area contributed by atoms with Crippen molar-refractivity contribution in [1.29, 1.82) is 0 Å². The molecule has 180 valence electrons. The van der Waals surface area contributed by atoms with Gasteiger partial charge in [-0.3, -0.25) is 4.79 Å². The normalized spacial score (nSPS) is 12.3. The van der Waals surface area contributed by atoms with E-state index in [1.165, 1.54) is 148 Å². The Hall–Kier alpha value is -0.530. The number of hydrogen-bond donors (Lipinski definition) is 1. The Bertz CT molecular complexity index is 342. The molecule has 0 aromatic rings. The molecule has 0 fully saturated rings. The summed E-state index contributed by atoms with van der Waals surface area (Å²) in [6.45, 7) is 4.56. The van der Waals surface area contributed by atoms with Crippen LogP contribution in [0, 0.1) is 5.92 Å². The SMILES string of the molecule is CCCCCCCCCCCCCC(CCCCCCCCCCCC)CC(N)=O. The molecule has 0 spiro atoms. The lowest BCUT2D eigenvalue weighted by Gasteiger charge is -2.15. The van der Waals surface area contributed by atoms with E-state index in [9.17, 15) is 4.79 Å². The average Bonchev–Trinajstić information content (AvgIpc) is 2.72. The van der Waals surface area contributed by atoms with Crippen LogP contribution in [0.3, 0.4) is 0 Å². The molecule has 0 saturated carbocycles. The van der Waals surface area contributed by atoms with E-state index in [0.717, 1.165) is 0 Å². The van der Waals surface area contributed by atoms with E-state index >= 15 is 0 Å². The van der Waals surface area contributed by atoms with E-state index in [2.05, 4.69) is 13.8 Å². The summed E-state index contributed by atoms with van der Waals surface area (Å²) in [5, 5.41) is 0. The molecule has 2 N–H and O–H groups in total. The van der Waals surface area contributed by atoms with Crippen LogP contribution in [-0.2, 0) is 4.79 Å². The van der Waals surface area contributed by atoms with Crippen LogP contribution >= 0.6 is 0 Å². The fourth-order valence-corrected chi connectivity index (χ4v) is 4.65. The average molecular weight is 424 g/mol. The molecule has 0 heterocycles. The van der Waals surface area contributed by atoms with Crippen LogP contribution in [-0.4, -0.2) is 5.91 Å². The maximum absolute atomic E-state index is 11.4. The number of carbonyl (C=O) groups excluding carboxylic acids is 1. The Balaban J connectivity index is 3.55. The van der Waals surface area contributed by atoms with Crippen LogP contribution < -0.4 is 5.73 Å². The van der Waals surface area contributed by atoms with Crippen LogP contribution in [0.25, 0.3) is 0 Å². The van der Waals surface area contributed by atoms with Gasteiger partial charge in [0.15, 0.2) is 0 Å². The van der Waals surface area contributed by atoms with E-state index in [1.54, 1.807) is 0 Å². The first-order valence-corrected chi connectivity index (χ1v) is 14.0. The molecule has 0 aromatic carbocycles. The monoisotopic (exact) mass is 423 g/mol. The number of rotatable bonds is 25. The highest BCUT2D eigenvalue weighted by atomic mass is 16.1. The van der Waals surface area contributed by atoms with Gasteiger partial charge in [0.1, 0.15) is 0 Å². The fourth-order valence-electron chi connectivity index (χ4n) is 4.65. The number of amides is 1. The Labute approximate surface area is 190 Å². The molecule has 0 aliphatic carbocycles. The fraction of sp³-hybridized carbons (Fsp3) is 0.964. The molecule has 0 bridgehead atoms. The highest BCUT2D eigenvalue weighted by Crippen LogP contribution is 2.22. The third-order valence-electron chi connectivity index (χ3n) is 6.67. The van der Waals surface area contributed by atoms with Crippen molar-refractivity contribution in [2.24, 2.45) is 11.7 Å². The van der Waals surface area contributed by atoms with E-state index in [4.69, 9.17) is 5.73 Å². The van der Waals surface area contributed by atoms with Gasteiger partial charge in [-0.2, -0.15) is 0 Å². The van der Waals surface area contributed by atoms with Gasteiger partial charge in [0.05, 0.1) is 0 Å². The van der Waals surface area contributed by atoms with Gasteiger partial charge in [0, 0.05) is 6.42 Å². The first kappa shape index (κ1) is 29.5. The summed E-state index contributed by atoms with van der Waals surface area (Å²) < 4.78 is 0. The van der Waals surface area contributed by atoms with E-state index in [0.29, 0.717) is 12.3 Å². The summed E-state index contributed by atoms with van der Waals surface area (Å²) in [7, 11) is 0. The van der Waals surface area contributed by atoms with Gasteiger partial charge in [0.2, 0.25) is 5.91 Å². The molecule has 0 aliphatic heterocycles. The van der Waals surface area contributed by atoms with Gasteiger partial charge in [-0.15, -0.1) is 0 Å². The summed E-state index contributed by atoms with van der Waals surface area (Å²) in [6.07, 6.45) is 32.1. The molecule has 0 aliphatic rings.